The standard InChI is InChI=1S/C18H31FO/c1-13-17-5-3-2-4-15(17)8-11-18(13)20-12-14-6-9-16(19)10-7-14/h13-18H,2-12H2,1H3/t13-,14?,15-,16?,17?,18?/m1/s1. The quantitative estimate of drug-likeness (QED) is 0.696. The van der Waals surface area contributed by atoms with Crippen LogP contribution in [0.2, 0.25) is 0 Å². The Kier molecular flexibility index (Phi) is 5.01. The molecule has 0 aromatic rings. The van der Waals surface area contributed by atoms with E-state index < -0.39 is 6.17 Å². The van der Waals surface area contributed by atoms with Crippen LogP contribution in [0.5, 0.6) is 0 Å². The predicted octanol–water partition coefficient (Wildman–Crippen LogP) is 5.14. The fraction of sp³-hybridized carbons (Fsp3) is 1.00. The zero-order valence-electron chi connectivity index (χ0n) is 13.0. The van der Waals surface area contributed by atoms with Crippen molar-refractivity contribution in [2.24, 2.45) is 23.7 Å². The first-order valence-electron chi connectivity index (χ1n) is 8.99. The molecule has 0 amide bonds. The highest BCUT2D eigenvalue weighted by Crippen LogP contribution is 2.44. The van der Waals surface area contributed by atoms with Gasteiger partial charge in [-0.15, -0.1) is 0 Å². The molecule has 4 atom stereocenters. The first-order chi connectivity index (χ1) is 9.74. The van der Waals surface area contributed by atoms with Crippen LogP contribution in [0, 0.1) is 23.7 Å². The smallest absolute Gasteiger partial charge is 0.100 e. The molecule has 0 aromatic heterocycles. The van der Waals surface area contributed by atoms with Crippen molar-refractivity contribution in [1.82, 2.24) is 0 Å². The maximum absolute atomic E-state index is 13.2. The van der Waals surface area contributed by atoms with Gasteiger partial charge < -0.3 is 4.74 Å². The van der Waals surface area contributed by atoms with Gasteiger partial charge in [-0.2, -0.15) is 0 Å². The second-order valence-electron chi connectivity index (χ2n) is 7.63. The highest BCUT2D eigenvalue weighted by molar-refractivity contribution is 4.88. The Morgan fingerprint density at radius 1 is 0.900 bits per heavy atom. The highest BCUT2D eigenvalue weighted by Gasteiger charge is 2.38. The van der Waals surface area contributed by atoms with Gasteiger partial charge in [0.15, 0.2) is 0 Å². The van der Waals surface area contributed by atoms with E-state index in [2.05, 4.69) is 6.92 Å². The Morgan fingerprint density at radius 3 is 2.45 bits per heavy atom. The second kappa shape index (κ2) is 6.77. The molecular formula is C18H31FO. The summed E-state index contributed by atoms with van der Waals surface area (Å²) < 4.78 is 19.5. The molecule has 0 aromatic carbocycles. The lowest BCUT2D eigenvalue weighted by Crippen LogP contribution is -2.40. The van der Waals surface area contributed by atoms with Crippen molar-refractivity contribution in [3.05, 3.63) is 0 Å². The minimum Gasteiger partial charge on any atom is -0.378 e. The Balaban J connectivity index is 1.45. The summed E-state index contributed by atoms with van der Waals surface area (Å²) in [5.41, 5.74) is 0. The largest absolute Gasteiger partial charge is 0.378 e. The molecule has 3 saturated carbocycles. The van der Waals surface area contributed by atoms with E-state index in [-0.39, 0.29) is 0 Å². The molecule has 0 heterocycles. The van der Waals surface area contributed by atoms with Crippen molar-refractivity contribution >= 4 is 0 Å². The van der Waals surface area contributed by atoms with Gasteiger partial charge in [0.1, 0.15) is 6.17 Å². The predicted molar refractivity (Wildman–Crippen MR) is 80.4 cm³/mol. The van der Waals surface area contributed by atoms with E-state index in [1.165, 1.54) is 38.5 Å². The lowest BCUT2D eigenvalue weighted by atomic mass is 9.65. The van der Waals surface area contributed by atoms with Gasteiger partial charge in [0.25, 0.3) is 0 Å². The SMILES string of the molecule is C[C@H]1C(OCC2CCC(F)CC2)CC[C@H]2CCCCC21. The summed E-state index contributed by atoms with van der Waals surface area (Å²) in [5.74, 6) is 3.27. The number of ether oxygens (including phenoxy) is 1. The Bertz CT molecular complexity index is 298. The third kappa shape index (κ3) is 3.37. The second-order valence-corrected chi connectivity index (χ2v) is 7.63. The maximum atomic E-state index is 13.2. The van der Waals surface area contributed by atoms with E-state index in [0.29, 0.717) is 12.0 Å². The number of fused-ring (bicyclic) bond motifs is 1. The fourth-order valence-electron chi connectivity index (χ4n) is 4.99. The lowest BCUT2D eigenvalue weighted by Gasteiger charge is -2.44. The molecule has 2 unspecified atom stereocenters. The van der Waals surface area contributed by atoms with Crippen LogP contribution in [0.1, 0.15) is 71.1 Å². The van der Waals surface area contributed by atoms with Crippen LogP contribution in [0.3, 0.4) is 0 Å². The van der Waals surface area contributed by atoms with Crippen molar-refractivity contribution in [3.8, 4) is 0 Å². The summed E-state index contributed by atoms with van der Waals surface area (Å²) >= 11 is 0. The summed E-state index contributed by atoms with van der Waals surface area (Å²) in [5, 5.41) is 0. The third-order valence-electron chi connectivity index (χ3n) is 6.37. The van der Waals surface area contributed by atoms with Crippen molar-refractivity contribution in [3.63, 3.8) is 0 Å². The Labute approximate surface area is 123 Å². The Hall–Kier alpha value is -0.110. The van der Waals surface area contributed by atoms with Gasteiger partial charge in [0.2, 0.25) is 0 Å². The van der Waals surface area contributed by atoms with Crippen molar-refractivity contribution in [2.75, 3.05) is 6.61 Å². The van der Waals surface area contributed by atoms with Crippen LogP contribution in [-0.2, 0) is 4.74 Å². The van der Waals surface area contributed by atoms with Gasteiger partial charge in [-0.3, -0.25) is 0 Å². The maximum Gasteiger partial charge on any atom is 0.100 e. The molecule has 3 aliphatic carbocycles. The molecule has 3 rings (SSSR count). The van der Waals surface area contributed by atoms with Crippen LogP contribution in [-0.4, -0.2) is 18.9 Å². The molecule has 2 heteroatoms. The molecule has 0 saturated heterocycles. The van der Waals surface area contributed by atoms with Crippen molar-refractivity contribution in [2.45, 2.75) is 83.4 Å². The number of alkyl halides is 1. The molecular weight excluding hydrogens is 251 g/mol. The first kappa shape index (κ1) is 14.8. The van der Waals surface area contributed by atoms with Crippen molar-refractivity contribution < 1.29 is 9.13 Å². The number of hydrogen-bond donors (Lipinski definition) is 0. The van der Waals surface area contributed by atoms with E-state index in [1.54, 1.807) is 0 Å². The molecule has 0 radical (unpaired) electrons. The third-order valence-corrected chi connectivity index (χ3v) is 6.37. The summed E-state index contributed by atoms with van der Waals surface area (Å²) in [7, 11) is 0. The van der Waals surface area contributed by atoms with Crippen LogP contribution < -0.4 is 0 Å². The molecule has 20 heavy (non-hydrogen) atoms. The molecule has 0 bridgehead atoms. The van der Waals surface area contributed by atoms with Gasteiger partial charge in [-0.05, 0) is 68.6 Å². The van der Waals surface area contributed by atoms with E-state index in [0.717, 1.165) is 50.0 Å². The van der Waals surface area contributed by atoms with Gasteiger partial charge in [-0.25, -0.2) is 4.39 Å². The molecule has 116 valence electrons. The molecule has 3 fully saturated rings. The highest BCUT2D eigenvalue weighted by atomic mass is 19.1. The van der Waals surface area contributed by atoms with Gasteiger partial charge in [0.05, 0.1) is 6.10 Å². The van der Waals surface area contributed by atoms with Crippen LogP contribution in [0.25, 0.3) is 0 Å². The minimum absolute atomic E-state index is 0.484. The average molecular weight is 282 g/mol. The summed E-state index contributed by atoms with van der Waals surface area (Å²) in [6.07, 6.45) is 12.0. The van der Waals surface area contributed by atoms with E-state index >= 15 is 0 Å². The lowest BCUT2D eigenvalue weighted by molar-refractivity contribution is -0.0700. The normalized spacial score (nSPS) is 45.9. The topological polar surface area (TPSA) is 9.23 Å². The molecule has 3 aliphatic rings. The fourth-order valence-corrected chi connectivity index (χ4v) is 4.99. The van der Waals surface area contributed by atoms with Gasteiger partial charge in [0, 0.05) is 6.61 Å². The molecule has 0 N–H and O–H groups in total. The van der Waals surface area contributed by atoms with Crippen LogP contribution in [0.15, 0.2) is 0 Å². The van der Waals surface area contributed by atoms with E-state index in [4.69, 9.17) is 4.74 Å². The molecule has 1 nitrogen and oxygen atoms in total. The van der Waals surface area contributed by atoms with Crippen molar-refractivity contribution in [1.29, 1.82) is 0 Å². The van der Waals surface area contributed by atoms with E-state index in [1.807, 2.05) is 0 Å². The number of halogens is 1. The Morgan fingerprint density at radius 2 is 1.65 bits per heavy atom. The van der Waals surface area contributed by atoms with Gasteiger partial charge >= 0.3 is 0 Å². The summed E-state index contributed by atoms with van der Waals surface area (Å²) in [6, 6.07) is 0. The number of rotatable bonds is 3. The average Bonchev–Trinajstić information content (AvgIpc) is 2.49. The van der Waals surface area contributed by atoms with Crippen LogP contribution in [0.4, 0.5) is 4.39 Å². The van der Waals surface area contributed by atoms with E-state index in [9.17, 15) is 4.39 Å². The molecule has 0 spiro atoms. The van der Waals surface area contributed by atoms with Crippen LogP contribution >= 0.6 is 0 Å². The monoisotopic (exact) mass is 282 g/mol. The summed E-state index contributed by atoms with van der Waals surface area (Å²) in [4.78, 5) is 0. The van der Waals surface area contributed by atoms with Gasteiger partial charge in [-0.1, -0.05) is 26.2 Å². The zero-order valence-corrected chi connectivity index (χ0v) is 13.0. The zero-order chi connectivity index (χ0) is 13.9. The first-order valence-corrected chi connectivity index (χ1v) is 8.99. The summed E-state index contributed by atoms with van der Waals surface area (Å²) in [6.45, 7) is 3.31. The number of hydrogen-bond acceptors (Lipinski definition) is 1. The molecule has 0 aliphatic heterocycles. The minimum atomic E-state index is -0.539.